The van der Waals surface area contributed by atoms with Crippen molar-refractivity contribution in [2.45, 2.75) is 70.0 Å². The first-order valence-corrected chi connectivity index (χ1v) is 11.0. The van der Waals surface area contributed by atoms with Gasteiger partial charge in [-0.1, -0.05) is 6.42 Å². The van der Waals surface area contributed by atoms with Crippen molar-refractivity contribution in [3.05, 3.63) is 23.9 Å². The van der Waals surface area contributed by atoms with Crippen LogP contribution in [-0.2, 0) is 11.3 Å². The van der Waals surface area contributed by atoms with Gasteiger partial charge in [-0.25, -0.2) is 4.98 Å². The average molecular weight is 400 g/mol. The van der Waals surface area contributed by atoms with Crippen molar-refractivity contribution in [3.63, 3.8) is 0 Å². The molecule has 2 unspecified atom stereocenters. The SMILES string of the molecule is CN=C(NCc1ccnc(OCC2CC2)c1)NC1CCCC(C(=O)NC2CC2)C1. The largest absolute Gasteiger partial charge is 0.477 e. The lowest BCUT2D eigenvalue weighted by Gasteiger charge is -2.30. The number of carbonyl (C=O) groups excluding carboxylic acids is 1. The maximum atomic E-state index is 12.4. The Bertz CT molecular complexity index is 730. The van der Waals surface area contributed by atoms with Gasteiger partial charge in [0.15, 0.2) is 5.96 Å². The van der Waals surface area contributed by atoms with Crippen LogP contribution in [0, 0.1) is 11.8 Å². The van der Waals surface area contributed by atoms with Crippen LogP contribution in [0.25, 0.3) is 0 Å². The quantitative estimate of drug-likeness (QED) is 0.461. The third kappa shape index (κ3) is 6.34. The fourth-order valence-corrected chi connectivity index (χ4v) is 3.81. The summed E-state index contributed by atoms with van der Waals surface area (Å²) in [5.41, 5.74) is 1.11. The van der Waals surface area contributed by atoms with Crippen molar-refractivity contribution in [3.8, 4) is 5.88 Å². The Morgan fingerprint density at radius 2 is 2.03 bits per heavy atom. The van der Waals surface area contributed by atoms with E-state index in [1.165, 1.54) is 12.8 Å². The van der Waals surface area contributed by atoms with E-state index in [0.717, 1.165) is 56.7 Å². The Morgan fingerprint density at radius 1 is 1.17 bits per heavy atom. The lowest BCUT2D eigenvalue weighted by Crippen LogP contribution is -2.47. The van der Waals surface area contributed by atoms with E-state index in [2.05, 4.69) is 25.9 Å². The van der Waals surface area contributed by atoms with Crippen molar-refractivity contribution < 1.29 is 9.53 Å². The minimum absolute atomic E-state index is 0.117. The molecule has 0 aromatic carbocycles. The fraction of sp³-hybridized carbons (Fsp3) is 0.682. The second-order valence-corrected chi connectivity index (χ2v) is 8.67. The summed E-state index contributed by atoms with van der Waals surface area (Å²) in [6.07, 6.45) is 10.6. The van der Waals surface area contributed by atoms with Gasteiger partial charge in [0.25, 0.3) is 0 Å². The minimum Gasteiger partial charge on any atom is -0.477 e. The molecule has 29 heavy (non-hydrogen) atoms. The summed E-state index contributed by atoms with van der Waals surface area (Å²) in [5, 5.41) is 10.0. The molecule has 4 rings (SSSR count). The van der Waals surface area contributed by atoms with Crippen molar-refractivity contribution in [2.24, 2.45) is 16.8 Å². The molecule has 7 nitrogen and oxygen atoms in total. The normalized spacial score (nSPS) is 24.7. The first-order valence-electron chi connectivity index (χ1n) is 11.0. The molecule has 0 saturated heterocycles. The molecule has 158 valence electrons. The Morgan fingerprint density at radius 3 is 2.79 bits per heavy atom. The first kappa shape index (κ1) is 20.0. The monoisotopic (exact) mass is 399 g/mol. The number of hydrogen-bond acceptors (Lipinski definition) is 4. The predicted molar refractivity (Wildman–Crippen MR) is 113 cm³/mol. The Kier molecular flexibility index (Phi) is 6.52. The van der Waals surface area contributed by atoms with Crippen LogP contribution in [0.2, 0.25) is 0 Å². The molecule has 3 saturated carbocycles. The number of guanidine groups is 1. The Balaban J connectivity index is 1.23. The topological polar surface area (TPSA) is 87.6 Å². The van der Waals surface area contributed by atoms with E-state index < -0.39 is 0 Å². The number of amides is 1. The summed E-state index contributed by atoms with van der Waals surface area (Å²) in [4.78, 5) is 21.0. The van der Waals surface area contributed by atoms with E-state index in [-0.39, 0.29) is 17.9 Å². The molecule has 1 amide bonds. The molecule has 3 aliphatic rings. The van der Waals surface area contributed by atoms with Crippen LogP contribution >= 0.6 is 0 Å². The molecule has 1 aromatic rings. The van der Waals surface area contributed by atoms with Crippen molar-refractivity contribution in [1.82, 2.24) is 20.9 Å². The van der Waals surface area contributed by atoms with E-state index in [9.17, 15) is 4.79 Å². The van der Waals surface area contributed by atoms with Gasteiger partial charge in [0, 0.05) is 43.9 Å². The highest BCUT2D eigenvalue weighted by Crippen LogP contribution is 2.29. The standard InChI is InChI=1S/C22H33N5O2/c1-23-22(25-13-16-9-10-24-20(11-16)29-14-15-5-6-15)27-19-4-2-3-17(12-19)21(28)26-18-7-8-18/h9-11,15,17-19H,2-8,12-14H2,1H3,(H,26,28)(H2,23,25,27). The van der Waals surface area contributed by atoms with Crippen LogP contribution in [0.4, 0.5) is 0 Å². The molecule has 0 radical (unpaired) electrons. The molecular weight excluding hydrogens is 366 g/mol. The molecule has 2 atom stereocenters. The van der Waals surface area contributed by atoms with E-state index in [4.69, 9.17) is 4.74 Å². The molecule has 7 heteroatoms. The first-order chi connectivity index (χ1) is 14.2. The zero-order chi connectivity index (χ0) is 20.1. The van der Waals surface area contributed by atoms with Crippen LogP contribution < -0.4 is 20.7 Å². The Labute approximate surface area is 173 Å². The van der Waals surface area contributed by atoms with E-state index in [1.54, 1.807) is 13.2 Å². The number of aromatic nitrogens is 1. The summed E-state index contributed by atoms with van der Waals surface area (Å²) in [6, 6.07) is 4.69. The smallest absolute Gasteiger partial charge is 0.223 e. The number of aliphatic imine (C=N–C) groups is 1. The summed E-state index contributed by atoms with van der Waals surface area (Å²) < 4.78 is 5.77. The molecular formula is C22H33N5O2. The van der Waals surface area contributed by atoms with Crippen LogP contribution in [0.3, 0.4) is 0 Å². The molecule has 1 aromatic heterocycles. The second kappa shape index (κ2) is 9.46. The van der Waals surface area contributed by atoms with Gasteiger partial charge in [0.2, 0.25) is 11.8 Å². The highest BCUT2D eigenvalue weighted by Gasteiger charge is 2.31. The van der Waals surface area contributed by atoms with Gasteiger partial charge in [-0.2, -0.15) is 0 Å². The lowest BCUT2D eigenvalue weighted by atomic mass is 9.85. The van der Waals surface area contributed by atoms with E-state index in [1.807, 2.05) is 12.1 Å². The number of rotatable bonds is 8. The van der Waals surface area contributed by atoms with Gasteiger partial charge in [0.1, 0.15) is 0 Å². The number of pyridine rings is 1. The molecule has 0 aliphatic heterocycles. The number of ether oxygens (including phenoxy) is 1. The molecule has 0 spiro atoms. The molecule has 0 bridgehead atoms. The third-order valence-corrected chi connectivity index (χ3v) is 5.96. The third-order valence-electron chi connectivity index (χ3n) is 5.96. The van der Waals surface area contributed by atoms with Crippen LogP contribution in [0.5, 0.6) is 5.88 Å². The summed E-state index contributed by atoms with van der Waals surface area (Å²) in [7, 11) is 1.78. The predicted octanol–water partition coefficient (Wildman–Crippen LogP) is 2.37. The van der Waals surface area contributed by atoms with Gasteiger partial charge in [-0.15, -0.1) is 0 Å². The minimum atomic E-state index is 0.117. The number of nitrogens with zero attached hydrogens (tertiary/aromatic N) is 2. The van der Waals surface area contributed by atoms with Crippen molar-refractivity contribution in [2.75, 3.05) is 13.7 Å². The zero-order valence-corrected chi connectivity index (χ0v) is 17.3. The molecule has 3 N–H and O–H groups in total. The summed E-state index contributed by atoms with van der Waals surface area (Å²) in [5.74, 6) is 2.53. The van der Waals surface area contributed by atoms with Gasteiger partial charge in [-0.05, 0) is 62.5 Å². The van der Waals surface area contributed by atoms with Crippen LogP contribution in [0.15, 0.2) is 23.3 Å². The number of carbonyl (C=O) groups is 1. The molecule has 3 aliphatic carbocycles. The van der Waals surface area contributed by atoms with Gasteiger partial charge >= 0.3 is 0 Å². The zero-order valence-electron chi connectivity index (χ0n) is 17.3. The van der Waals surface area contributed by atoms with E-state index >= 15 is 0 Å². The highest BCUT2D eigenvalue weighted by atomic mass is 16.5. The van der Waals surface area contributed by atoms with Crippen molar-refractivity contribution in [1.29, 1.82) is 0 Å². The van der Waals surface area contributed by atoms with Crippen LogP contribution in [-0.4, -0.2) is 42.6 Å². The molecule has 1 heterocycles. The van der Waals surface area contributed by atoms with E-state index in [0.29, 0.717) is 24.4 Å². The number of nitrogens with one attached hydrogen (secondary N) is 3. The lowest BCUT2D eigenvalue weighted by molar-refractivity contribution is -0.126. The van der Waals surface area contributed by atoms with Crippen molar-refractivity contribution >= 4 is 11.9 Å². The Hall–Kier alpha value is -2.31. The summed E-state index contributed by atoms with van der Waals surface area (Å²) >= 11 is 0. The number of hydrogen-bond donors (Lipinski definition) is 3. The maximum Gasteiger partial charge on any atom is 0.223 e. The van der Waals surface area contributed by atoms with Gasteiger partial charge in [0.05, 0.1) is 6.61 Å². The summed E-state index contributed by atoms with van der Waals surface area (Å²) in [6.45, 7) is 1.42. The molecule has 3 fully saturated rings. The fourth-order valence-electron chi connectivity index (χ4n) is 3.81. The van der Waals surface area contributed by atoms with Crippen LogP contribution in [0.1, 0.15) is 56.9 Å². The highest BCUT2D eigenvalue weighted by molar-refractivity contribution is 5.81. The van der Waals surface area contributed by atoms with Gasteiger partial charge < -0.3 is 20.7 Å². The second-order valence-electron chi connectivity index (χ2n) is 8.67. The maximum absolute atomic E-state index is 12.4. The van der Waals surface area contributed by atoms with Gasteiger partial charge in [-0.3, -0.25) is 9.79 Å². The average Bonchev–Trinajstić information content (AvgIpc) is 3.66.